The molecule has 29 heavy (non-hydrogen) atoms. The number of nitrogens with two attached hydrogens (primary N) is 1. The fraction of sp³-hybridized carbons (Fsp3) is 0.333. The van der Waals surface area contributed by atoms with Crippen LogP contribution in [0.3, 0.4) is 0 Å². The maximum absolute atomic E-state index is 13.2. The first-order valence-electron chi connectivity index (χ1n) is 9.63. The summed E-state index contributed by atoms with van der Waals surface area (Å²) in [5.41, 5.74) is 10.9. The first-order chi connectivity index (χ1) is 13.9. The van der Waals surface area contributed by atoms with Crippen LogP contribution in [0.1, 0.15) is 47.1 Å². The summed E-state index contributed by atoms with van der Waals surface area (Å²) in [6, 6.07) is 7.53. The van der Waals surface area contributed by atoms with Crippen LogP contribution in [0.15, 0.2) is 30.5 Å². The van der Waals surface area contributed by atoms with Crippen molar-refractivity contribution in [3.05, 3.63) is 53.0 Å². The Bertz CT molecular complexity index is 1070. The minimum atomic E-state index is -0.0823. The van der Waals surface area contributed by atoms with Crippen molar-refractivity contribution < 1.29 is 4.79 Å². The Morgan fingerprint density at radius 1 is 1.24 bits per heavy atom. The Morgan fingerprint density at radius 2 is 2.03 bits per heavy atom. The predicted molar refractivity (Wildman–Crippen MR) is 113 cm³/mol. The van der Waals surface area contributed by atoms with Crippen LogP contribution in [-0.4, -0.2) is 40.2 Å². The van der Waals surface area contributed by atoms with E-state index in [1.54, 1.807) is 11.1 Å². The lowest BCUT2D eigenvalue weighted by Gasteiger charge is -2.16. The van der Waals surface area contributed by atoms with Crippen LogP contribution >= 0.6 is 0 Å². The van der Waals surface area contributed by atoms with Crippen molar-refractivity contribution in [1.29, 1.82) is 0 Å². The first-order valence-corrected chi connectivity index (χ1v) is 9.63. The predicted octanol–water partition coefficient (Wildman–Crippen LogP) is 2.68. The molecule has 0 radical (unpaired) electrons. The largest absolute Gasteiger partial charge is 0.363 e. The van der Waals surface area contributed by atoms with E-state index in [0.29, 0.717) is 23.8 Å². The zero-order valence-corrected chi connectivity index (χ0v) is 17.1. The van der Waals surface area contributed by atoms with Gasteiger partial charge in [-0.1, -0.05) is 19.9 Å². The van der Waals surface area contributed by atoms with E-state index in [2.05, 4.69) is 29.0 Å². The Balaban J connectivity index is 1.73. The number of hydrogen-bond acceptors (Lipinski definition) is 6. The molecule has 4 rings (SSSR count). The van der Waals surface area contributed by atoms with Crippen molar-refractivity contribution in [2.75, 3.05) is 23.9 Å². The summed E-state index contributed by atoms with van der Waals surface area (Å²) >= 11 is 0. The summed E-state index contributed by atoms with van der Waals surface area (Å²) in [5.74, 6) is 1.54. The second-order valence-electron chi connectivity index (χ2n) is 7.68. The summed E-state index contributed by atoms with van der Waals surface area (Å²) in [6.45, 7) is 4.90. The van der Waals surface area contributed by atoms with Crippen molar-refractivity contribution in [3.63, 3.8) is 0 Å². The van der Waals surface area contributed by atoms with Crippen LogP contribution in [0.5, 0.6) is 0 Å². The summed E-state index contributed by atoms with van der Waals surface area (Å²) in [5, 5.41) is 7.22. The van der Waals surface area contributed by atoms with E-state index in [0.717, 1.165) is 34.0 Å². The summed E-state index contributed by atoms with van der Waals surface area (Å²) in [4.78, 5) is 26.1. The molecule has 3 aromatic rings. The van der Waals surface area contributed by atoms with E-state index in [1.807, 2.05) is 43.3 Å². The van der Waals surface area contributed by atoms with Gasteiger partial charge in [-0.2, -0.15) is 5.10 Å². The standard InChI is InChI=1S/C21H25N7O/c1-12(2)20-14(10-23-26-20)16-6-5-7-18(24-16)28-11-15-13(21(28)29)8-19(27(3)4)25-17(15)9-22/h5-8,10,12H,9,11,22H2,1-4H3,(H,23,26). The number of rotatable bonds is 5. The van der Waals surface area contributed by atoms with Gasteiger partial charge in [0.15, 0.2) is 0 Å². The monoisotopic (exact) mass is 391 g/mol. The van der Waals surface area contributed by atoms with Crippen molar-refractivity contribution in [1.82, 2.24) is 20.2 Å². The number of pyridine rings is 2. The van der Waals surface area contributed by atoms with Crippen molar-refractivity contribution in [2.45, 2.75) is 32.9 Å². The molecule has 0 aromatic carbocycles. The Morgan fingerprint density at radius 3 is 2.72 bits per heavy atom. The molecule has 4 heterocycles. The maximum atomic E-state index is 13.2. The van der Waals surface area contributed by atoms with Gasteiger partial charge in [-0.3, -0.25) is 14.8 Å². The van der Waals surface area contributed by atoms with Gasteiger partial charge in [-0.25, -0.2) is 9.97 Å². The number of anilines is 2. The van der Waals surface area contributed by atoms with Crippen LogP contribution in [0.4, 0.5) is 11.6 Å². The van der Waals surface area contributed by atoms with Gasteiger partial charge in [0, 0.05) is 37.5 Å². The van der Waals surface area contributed by atoms with Crippen molar-refractivity contribution in [3.8, 4) is 11.3 Å². The lowest BCUT2D eigenvalue weighted by atomic mass is 10.0. The van der Waals surface area contributed by atoms with Crippen LogP contribution in [0, 0.1) is 0 Å². The molecule has 1 aliphatic rings. The van der Waals surface area contributed by atoms with Crippen molar-refractivity contribution >= 4 is 17.5 Å². The fourth-order valence-electron chi connectivity index (χ4n) is 3.60. The normalized spacial score (nSPS) is 13.3. The average molecular weight is 391 g/mol. The number of aromatic amines is 1. The molecule has 150 valence electrons. The SMILES string of the molecule is CC(C)c1[nH]ncc1-c1cccc(N2Cc3c(cc(N(C)C)nc3CN)C2=O)n1. The number of H-pyrrole nitrogens is 1. The molecular weight excluding hydrogens is 366 g/mol. The molecule has 0 unspecified atom stereocenters. The first kappa shape index (κ1) is 19.1. The second kappa shape index (κ2) is 7.29. The highest BCUT2D eigenvalue weighted by molar-refractivity contribution is 6.10. The van der Waals surface area contributed by atoms with E-state index in [9.17, 15) is 4.79 Å². The molecule has 8 nitrogen and oxygen atoms in total. The van der Waals surface area contributed by atoms with E-state index < -0.39 is 0 Å². The average Bonchev–Trinajstić information content (AvgIpc) is 3.33. The molecule has 0 atom stereocenters. The molecule has 0 saturated carbocycles. The van der Waals surface area contributed by atoms with E-state index in [-0.39, 0.29) is 12.5 Å². The van der Waals surface area contributed by atoms with Gasteiger partial charge < -0.3 is 10.6 Å². The van der Waals surface area contributed by atoms with Gasteiger partial charge in [0.25, 0.3) is 5.91 Å². The Kier molecular flexibility index (Phi) is 4.79. The van der Waals surface area contributed by atoms with Crippen LogP contribution in [0.2, 0.25) is 0 Å². The minimum Gasteiger partial charge on any atom is -0.363 e. The summed E-state index contributed by atoms with van der Waals surface area (Å²) < 4.78 is 0. The number of hydrogen-bond donors (Lipinski definition) is 2. The lowest BCUT2D eigenvalue weighted by molar-refractivity contribution is 0.0996. The van der Waals surface area contributed by atoms with Crippen LogP contribution in [-0.2, 0) is 13.1 Å². The molecule has 1 aliphatic heterocycles. The van der Waals surface area contributed by atoms with Gasteiger partial charge in [0.2, 0.25) is 0 Å². The highest BCUT2D eigenvalue weighted by atomic mass is 16.2. The van der Waals surface area contributed by atoms with Gasteiger partial charge in [-0.05, 0) is 24.1 Å². The second-order valence-corrected chi connectivity index (χ2v) is 7.68. The molecule has 0 bridgehead atoms. The molecule has 0 saturated heterocycles. The van der Waals surface area contributed by atoms with Crippen molar-refractivity contribution in [2.24, 2.45) is 5.73 Å². The van der Waals surface area contributed by atoms with Crippen LogP contribution in [0.25, 0.3) is 11.3 Å². The highest BCUT2D eigenvalue weighted by Crippen LogP contribution is 2.33. The Labute approximate surface area is 169 Å². The number of fused-ring (bicyclic) bond motifs is 1. The molecule has 0 aliphatic carbocycles. The van der Waals surface area contributed by atoms with E-state index in [1.165, 1.54) is 0 Å². The molecule has 0 spiro atoms. The molecular formula is C21H25N7O. The Hall–Kier alpha value is -3.26. The zero-order chi connectivity index (χ0) is 20.7. The number of nitrogens with one attached hydrogen (secondary N) is 1. The quantitative estimate of drug-likeness (QED) is 0.693. The topological polar surface area (TPSA) is 104 Å². The number of amides is 1. The third kappa shape index (κ3) is 3.25. The van der Waals surface area contributed by atoms with Gasteiger partial charge in [0.05, 0.1) is 29.7 Å². The lowest BCUT2D eigenvalue weighted by Crippen LogP contribution is -2.24. The third-order valence-electron chi connectivity index (χ3n) is 5.17. The fourth-order valence-corrected chi connectivity index (χ4v) is 3.60. The molecule has 3 N–H and O–H groups in total. The molecule has 0 fully saturated rings. The highest BCUT2D eigenvalue weighted by Gasteiger charge is 2.32. The number of carbonyl (C=O) groups is 1. The smallest absolute Gasteiger partial charge is 0.260 e. The molecule has 1 amide bonds. The number of aromatic nitrogens is 4. The van der Waals surface area contributed by atoms with Gasteiger partial charge >= 0.3 is 0 Å². The summed E-state index contributed by atoms with van der Waals surface area (Å²) in [6.07, 6.45) is 1.78. The van der Waals surface area contributed by atoms with E-state index >= 15 is 0 Å². The van der Waals surface area contributed by atoms with Gasteiger partial charge in [0.1, 0.15) is 11.6 Å². The number of carbonyl (C=O) groups excluding carboxylic acids is 1. The summed E-state index contributed by atoms with van der Waals surface area (Å²) in [7, 11) is 3.79. The van der Waals surface area contributed by atoms with Crippen LogP contribution < -0.4 is 15.5 Å². The third-order valence-corrected chi connectivity index (χ3v) is 5.17. The molecule has 3 aromatic heterocycles. The molecule has 8 heteroatoms. The number of nitrogens with zero attached hydrogens (tertiary/aromatic N) is 5. The van der Waals surface area contributed by atoms with Gasteiger partial charge in [-0.15, -0.1) is 0 Å². The minimum absolute atomic E-state index is 0.0823. The van der Waals surface area contributed by atoms with E-state index in [4.69, 9.17) is 10.7 Å². The maximum Gasteiger partial charge on any atom is 0.260 e. The zero-order valence-electron chi connectivity index (χ0n) is 17.1.